The molecule has 0 bridgehead atoms. The van der Waals surface area contributed by atoms with Gasteiger partial charge in [0.2, 0.25) is 0 Å². The molecule has 3 aromatic rings. The van der Waals surface area contributed by atoms with E-state index in [1.807, 2.05) is 0 Å². The van der Waals surface area contributed by atoms with Crippen molar-refractivity contribution in [3.8, 4) is 0 Å². The van der Waals surface area contributed by atoms with Crippen LogP contribution in [-0.2, 0) is 10.3 Å². The Balaban J connectivity index is 1.19. The third-order valence-electron chi connectivity index (χ3n) is 17.3. The van der Waals surface area contributed by atoms with Crippen LogP contribution < -0.4 is 0 Å². The van der Waals surface area contributed by atoms with Gasteiger partial charge in [-0.2, -0.15) is 0 Å². The van der Waals surface area contributed by atoms with Gasteiger partial charge < -0.3 is 9.84 Å². The van der Waals surface area contributed by atoms with E-state index >= 15 is 0 Å². The highest BCUT2D eigenvalue weighted by molar-refractivity contribution is 5.47. The third kappa shape index (κ3) is 5.01. The van der Waals surface area contributed by atoms with Gasteiger partial charge in [0.05, 0.1) is 12.7 Å². The standard InChI is InChI=1S/C49H64O2/c1-34(2)38-25-30-48(33-51-49(35-17-11-8-12-18-35,36-19-13-9-14-20-36)37-21-15-10-16-22-37)32-31-46(6)39(43(38)48)23-24-41-45(5)28-27-42(50)44(3,4)40(45)26-29-47(41,46)7/h8-22,38-43,50H,1,23-33H2,2-7H3/t38-,39+,40?,41?,42?,43?,45?,46+,47?,48?/m0/s1. The van der Waals surface area contributed by atoms with Gasteiger partial charge in [0.15, 0.2) is 0 Å². The molecule has 0 aliphatic heterocycles. The summed E-state index contributed by atoms with van der Waals surface area (Å²) in [7, 11) is 0. The van der Waals surface area contributed by atoms with Gasteiger partial charge in [0, 0.05) is 0 Å². The molecule has 10 atom stereocenters. The smallest absolute Gasteiger partial charge is 0.143 e. The molecule has 3 aromatic carbocycles. The van der Waals surface area contributed by atoms with E-state index in [-0.39, 0.29) is 22.3 Å². The Hall–Kier alpha value is -2.68. The molecule has 0 spiro atoms. The number of fused-ring (bicyclic) bond motifs is 7. The van der Waals surface area contributed by atoms with E-state index in [2.05, 4.69) is 133 Å². The highest BCUT2D eigenvalue weighted by Crippen LogP contribution is 2.77. The molecule has 8 rings (SSSR count). The van der Waals surface area contributed by atoms with Crippen molar-refractivity contribution >= 4 is 0 Å². The lowest BCUT2D eigenvalue weighted by Gasteiger charge is -2.73. The molecule has 5 aliphatic carbocycles. The number of aliphatic hydroxyl groups excluding tert-OH is 1. The first-order valence-corrected chi connectivity index (χ1v) is 20.5. The number of ether oxygens (including phenoxy) is 1. The Morgan fingerprint density at radius 3 is 1.78 bits per heavy atom. The SMILES string of the molecule is C=C(C)[C@@H]1CCC2(COC(c3ccccc3)(c3ccccc3)c3ccccc3)CC[C@]3(C)[C@H](CCC4C5(C)CCC(O)C(C)(C)C5CCC43C)C12. The predicted octanol–water partition coefficient (Wildman–Crippen LogP) is 12.0. The lowest BCUT2D eigenvalue weighted by atomic mass is 9.32. The van der Waals surface area contributed by atoms with Gasteiger partial charge in [0.25, 0.3) is 0 Å². The van der Waals surface area contributed by atoms with Crippen molar-refractivity contribution in [2.24, 2.45) is 56.7 Å². The molecule has 51 heavy (non-hydrogen) atoms. The normalized spacial score (nSPS) is 40.0. The van der Waals surface area contributed by atoms with Crippen molar-refractivity contribution in [2.45, 2.75) is 117 Å². The molecule has 0 aromatic heterocycles. The molecule has 5 saturated carbocycles. The van der Waals surface area contributed by atoms with Gasteiger partial charge in [-0.25, -0.2) is 0 Å². The molecule has 2 nitrogen and oxygen atoms in total. The molecular weight excluding hydrogens is 621 g/mol. The second kappa shape index (κ2) is 12.4. The molecule has 0 saturated heterocycles. The Labute approximate surface area is 309 Å². The van der Waals surface area contributed by atoms with E-state index in [0.717, 1.165) is 13.0 Å². The van der Waals surface area contributed by atoms with Crippen LogP contribution in [0.2, 0.25) is 0 Å². The minimum absolute atomic E-state index is 0.00952. The van der Waals surface area contributed by atoms with Crippen LogP contribution >= 0.6 is 0 Å². The number of hydrogen-bond donors (Lipinski definition) is 1. The first kappa shape index (κ1) is 35.4. The molecule has 0 heterocycles. The Morgan fingerprint density at radius 2 is 1.24 bits per heavy atom. The number of allylic oxidation sites excluding steroid dienone is 1. The molecular formula is C49H64O2. The first-order chi connectivity index (χ1) is 24.3. The lowest BCUT2D eigenvalue weighted by Crippen LogP contribution is -2.66. The summed E-state index contributed by atoms with van der Waals surface area (Å²) < 4.78 is 7.77. The summed E-state index contributed by atoms with van der Waals surface area (Å²) in [6.45, 7) is 20.7. The summed E-state index contributed by atoms with van der Waals surface area (Å²) in [6.07, 6.45) is 12.1. The zero-order chi connectivity index (χ0) is 35.9. The Morgan fingerprint density at radius 1 is 0.667 bits per heavy atom. The second-order valence-corrected chi connectivity index (χ2v) is 19.5. The van der Waals surface area contributed by atoms with E-state index in [0.29, 0.717) is 40.4 Å². The number of hydrogen-bond acceptors (Lipinski definition) is 2. The highest BCUT2D eigenvalue weighted by Gasteiger charge is 2.71. The monoisotopic (exact) mass is 684 g/mol. The third-order valence-corrected chi connectivity index (χ3v) is 17.3. The second-order valence-electron chi connectivity index (χ2n) is 19.5. The van der Waals surface area contributed by atoms with Crippen molar-refractivity contribution in [3.05, 3.63) is 120 Å². The molecule has 0 amide bonds. The maximum Gasteiger partial charge on any atom is 0.143 e. The van der Waals surface area contributed by atoms with Crippen LogP contribution in [0.4, 0.5) is 0 Å². The maximum absolute atomic E-state index is 11.2. The summed E-state index contributed by atoms with van der Waals surface area (Å²) in [4.78, 5) is 0. The van der Waals surface area contributed by atoms with Crippen LogP contribution in [0.25, 0.3) is 0 Å². The van der Waals surface area contributed by atoms with Crippen LogP contribution in [0.3, 0.4) is 0 Å². The van der Waals surface area contributed by atoms with Gasteiger partial charge in [-0.1, -0.05) is 138 Å². The molecule has 5 aliphatic rings. The van der Waals surface area contributed by atoms with Crippen LogP contribution in [0.15, 0.2) is 103 Å². The lowest BCUT2D eigenvalue weighted by molar-refractivity contribution is -0.251. The van der Waals surface area contributed by atoms with Crippen molar-refractivity contribution in [2.75, 3.05) is 6.61 Å². The molecule has 2 heteroatoms. The van der Waals surface area contributed by atoms with Crippen LogP contribution in [0, 0.1) is 56.7 Å². The van der Waals surface area contributed by atoms with E-state index in [9.17, 15) is 5.11 Å². The average Bonchev–Trinajstić information content (AvgIpc) is 3.52. The maximum atomic E-state index is 11.2. The largest absolute Gasteiger partial charge is 0.393 e. The zero-order valence-corrected chi connectivity index (χ0v) is 32.5. The number of rotatable bonds is 7. The summed E-state index contributed by atoms with van der Waals surface area (Å²) >= 11 is 0. The molecule has 0 radical (unpaired) electrons. The summed E-state index contributed by atoms with van der Waals surface area (Å²) in [6, 6.07) is 33.0. The zero-order valence-electron chi connectivity index (χ0n) is 32.5. The van der Waals surface area contributed by atoms with Crippen molar-refractivity contribution in [1.82, 2.24) is 0 Å². The van der Waals surface area contributed by atoms with Crippen molar-refractivity contribution in [1.29, 1.82) is 0 Å². The van der Waals surface area contributed by atoms with E-state index in [1.54, 1.807) is 0 Å². The molecule has 272 valence electrons. The fourth-order valence-corrected chi connectivity index (χ4v) is 14.5. The highest BCUT2D eigenvalue weighted by atomic mass is 16.5. The summed E-state index contributed by atoms with van der Waals surface area (Å²) in [5.74, 6) is 3.12. The van der Waals surface area contributed by atoms with Gasteiger partial charge in [0.1, 0.15) is 5.60 Å². The van der Waals surface area contributed by atoms with Crippen molar-refractivity contribution < 1.29 is 9.84 Å². The minimum Gasteiger partial charge on any atom is -0.393 e. The number of aliphatic hydroxyl groups is 1. The fourth-order valence-electron chi connectivity index (χ4n) is 14.5. The molecule has 7 unspecified atom stereocenters. The summed E-state index contributed by atoms with van der Waals surface area (Å²) in [5.41, 5.74) is 5.28. The Bertz CT molecular complexity index is 1620. The quantitative estimate of drug-likeness (QED) is 0.198. The fraction of sp³-hybridized carbons (Fsp3) is 0.592. The van der Waals surface area contributed by atoms with Crippen LogP contribution in [-0.4, -0.2) is 17.8 Å². The summed E-state index contributed by atoms with van der Waals surface area (Å²) in [5, 5.41) is 11.2. The minimum atomic E-state index is -0.694. The number of benzene rings is 3. The average molecular weight is 685 g/mol. The van der Waals surface area contributed by atoms with Crippen LogP contribution in [0.5, 0.6) is 0 Å². The van der Waals surface area contributed by atoms with Gasteiger partial charge in [-0.3, -0.25) is 0 Å². The predicted molar refractivity (Wildman–Crippen MR) is 210 cm³/mol. The van der Waals surface area contributed by atoms with E-state index in [1.165, 1.54) is 80.1 Å². The topological polar surface area (TPSA) is 29.5 Å². The molecule has 5 fully saturated rings. The van der Waals surface area contributed by atoms with Gasteiger partial charge >= 0.3 is 0 Å². The molecule has 1 N–H and O–H groups in total. The van der Waals surface area contributed by atoms with E-state index in [4.69, 9.17) is 11.3 Å². The van der Waals surface area contributed by atoms with E-state index < -0.39 is 5.60 Å². The van der Waals surface area contributed by atoms with Crippen molar-refractivity contribution in [3.63, 3.8) is 0 Å². The van der Waals surface area contributed by atoms with Gasteiger partial charge in [-0.05, 0) is 144 Å². The van der Waals surface area contributed by atoms with Crippen LogP contribution in [0.1, 0.15) is 122 Å². The first-order valence-electron chi connectivity index (χ1n) is 20.5. The Kier molecular flexibility index (Phi) is 8.63. The van der Waals surface area contributed by atoms with Gasteiger partial charge in [-0.15, -0.1) is 0 Å².